The number of hydrogen-bond acceptors (Lipinski definition) is 4. The summed E-state index contributed by atoms with van der Waals surface area (Å²) in [6.07, 6.45) is 0. The van der Waals surface area contributed by atoms with Crippen molar-refractivity contribution >= 4 is 40.0 Å². The van der Waals surface area contributed by atoms with Gasteiger partial charge in [0.15, 0.2) is 4.80 Å². The highest BCUT2D eigenvalue weighted by molar-refractivity contribution is 7.19. The lowest BCUT2D eigenvalue weighted by Crippen LogP contribution is -2.22. The Bertz CT molecular complexity index is 836. The maximum atomic E-state index is 6.10. The maximum absolute atomic E-state index is 6.10. The summed E-state index contributed by atoms with van der Waals surface area (Å²) in [5, 5.41) is 2.14. The lowest BCUT2D eigenvalue weighted by Gasteiger charge is -2.15. The summed E-state index contributed by atoms with van der Waals surface area (Å²) in [6.45, 7) is 2.77. The van der Waals surface area contributed by atoms with Gasteiger partial charge in [-0.15, -0.1) is 22.7 Å². The van der Waals surface area contributed by atoms with Gasteiger partial charge >= 0.3 is 0 Å². The Kier molecular flexibility index (Phi) is 5.33. The van der Waals surface area contributed by atoms with E-state index in [0.717, 1.165) is 25.4 Å². The first kappa shape index (κ1) is 16.5. The fourth-order valence-corrected chi connectivity index (χ4v) is 4.53. The van der Waals surface area contributed by atoms with E-state index in [4.69, 9.17) is 21.3 Å². The number of thiazole rings is 1. The van der Waals surface area contributed by atoms with Gasteiger partial charge in [-0.1, -0.05) is 29.8 Å². The van der Waals surface area contributed by atoms with Gasteiger partial charge < -0.3 is 9.30 Å². The van der Waals surface area contributed by atoms with Crippen molar-refractivity contribution in [1.82, 2.24) is 4.57 Å². The lowest BCUT2D eigenvalue weighted by molar-refractivity contribution is 0.162. The molecule has 0 amide bonds. The topological polar surface area (TPSA) is 26.5 Å². The second-order valence-corrected chi connectivity index (χ2v) is 7.68. The van der Waals surface area contributed by atoms with Crippen LogP contribution in [-0.4, -0.2) is 18.3 Å². The summed E-state index contributed by atoms with van der Waals surface area (Å²) in [6, 6.07) is 14.2. The molecule has 0 aliphatic rings. The van der Waals surface area contributed by atoms with Crippen molar-refractivity contribution < 1.29 is 4.74 Å². The van der Waals surface area contributed by atoms with E-state index in [1.54, 1.807) is 29.8 Å². The molecule has 0 bridgehead atoms. The quantitative estimate of drug-likeness (QED) is 0.597. The second kappa shape index (κ2) is 7.45. The van der Waals surface area contributed by atoms with Gasteiger partial charge in [-0.3, -0.25) is 0 Å². The van der Waals surface area contributed by atoms with Gasteiger partial charge in [-0.25, -0.2) is 4.99 Å². The number of rotatable bonds is 5. The van der Waals surface area contributed by atoms with Crippen LogP contribution in [0.4, 0.5) is 5.69 Å². The van der Waals surface area contributed by atoms with Crippen LogP contribution in [-0.2, 0) is 4.74 Å². The van der Waals surface area contributed by atoms with Crippen molar-refractivity contribution in [2.45, 2.75) is 13.0 Å². The molecule has 3 nitrogen and oxygen atoms in total. The molecule has 23 heavy (non-hydrogen) atoms. The molecule has 0 saturated heterocycles. The fourth-order valence-electron chi connectivity index (χ4n) is 2.39. The number of benzene rings is 1. The third-order valence-electron chi connectivity index (χ3n) is 3.40. The zero-order chi connectivity index (χ0) is 16.2. The van der Waals surface area contributed by atoms with E-state index in [1.807, 2.05) is 36.4 Å². The van der Waals surface area contributed by atoms with Crippen molar-refractivity contribution in [3.63, 3.8) is 0 Å². The first-order chi connectivity index (χ1) is 11.2. The molecule has 2 aromatic heterocycles. The first-order valence-electron chi connectivity index (χ1n) is 7.23. The molecule has 0 radical (unpaired) electrons. The third kappa shape index (κ3) is 3.75. The number of ether oxygens (including phenoxy) is 1. The number of methoxy groups -OCH3 is 1. The minimum atomic E-state index is 0.185. The highest BCUT2D eigenvalue weighted by atomic mass is 35.5. The molecule has 3 rings (SSSR count). The normalized spacial score (nSPS) is 13.4. The van der Waals surface area contributed by atoms with Crippen LogP contribution in [0.3, 0.4) is 0 Å². The van der Waals surface area contributed by atoms with Crippen LogP contribution in [0.25, 0.3) is 10.6 Å². The van der Waals surface area contributed by atoms with E-state index in [9.17, 15) is 0 Å². The molecule has 6 heteroatoms. The number of thiophene rings is 1. The summed E-state index contributed by atoms with van der Waals surface area (Å²) in [4.78, 5) is 6.90. The molecule has 0 spiro atoms. The van der Waals surface area contributed by atoms with E-state index < -0.39 is 0 Å². The molecular weight excluding hydrogens is 348 g/mol. The Hall–Kier alpha value is -1.40. The SMILES string of the molecule is COC[C@H](C)n1c(-c2ccc(Cl)s2)csc1=Nc1ccccc1. The zero-order valence-corrected chi connectivity index (χ0v) is 15.3. The predicted octanol–water partition coefficient (Wildman–Crippen LogP) is 5.37. The number of hydrogen-bond donors (Lipinski definition) is 0. The molecule has 1 aromatic carbocycles. The molecule has 0 unspecified atom stereocenters. The second-order valence-electron chi connectivity index (χ2n) is 5.13. The van der Waals surface area contributed by atoms with Crippen LogP contribution in [0.5, 0.6) is 0 Å². The largest absolute Gasteiger partial charge is 0.383 e. The monoisotopic (exact) mass is 364 g/mol. The van der Waals surface area contributed by atoms with Crippen LogP contribution in [0.2, 0.25) is 4.34 Å². The Morgan fingerprint density at radius 1 is 1.22 bits per heavy atom. The van der Waals surface area contributed by atoms with Crippen LogP contribution >= 0.6 is 34.3 Å². The molecule has 2 heterocycles. The minimum Gasteiger partial charge on any atom is -0.383 e. The van der Waals surface area contributed by atoms with Crippen molar-refractivity contribution in [2.75, 3.05) is 13.7 Å². The molecule has 1 atom stereocenters. The average molecular weight is 365 g/mol. The molecule has 3 aromatic rings. The lowest BCUT2D eigenvalue weighted by atomic mass is 10.3. The van der Waals surface area contributed by atoms with Crippen molar-refractivity contribution in [2.24, 2.45) is 4.99 Å². The highest BCUT2D eigenvalue weighted by Gasteiger charge is 2.15. The van der Waals surface area contributed by atoms with Crippen molar-refractivity contribution in [3.05, 3.63) is 57.0 Å². The van der Waals surface area contributed by atoms with E-state index >= 15 is 0 Å². The van der Waals surface area contributed by atoms with E-state index in [0.29, 0.717) is 6.61 Å². The number of aromatic nitrogens is 1. The Labute approximate surface area is 148 Å². The standard InChI is InChI=1S/C17H17ClN2OS2/c1-12(10-21-2)20-14(15-8-9-16(18)23-15)11-22-17(20)19-13-6-4-3-5-7-13/h3-9,11-12H,10H2,1-2H3/t12-/m0/s1. The average Bonchev–Trinajstić information content (AvgIpc) is 3.15. The Morgan fingerprint density at radius 2 is 2.00 bits per heavy atom. The van der Waals surface area contributed by atoms with Crippen LogP contribution < -0.4 is 4.80 Å². The molecular formula is C17H17ClN2OS2. The first-order valence-corrected chi connectivity index (χ1v) is 9.31. The summed E-state index contributed by atoms with van der Waals surface area (Å²) in [5.74, 6) is 0. The fraction of sp³-hybridized carbons (Fsp3) is 0.235. The molecule has 120 valence electrons. The maximum Gasteiger partial charge on any atom is 0.190 e. The highest BCUT2D eigenvalue weighted by Crippen LogP contribution is 2.32. The van der Waals surface area contributed by atoms with Crippen LogP contribution in [0.1, 0.15) is 13.0 Å². The van der Waals surface area contributed by atoms with Crippen LogP contribution in [0.15, 0.2) is 52.8 Å². The Balaban J connectivity index is 2.13. The van der Waals surface area contributed by atoms with Gasteiger partial charge in [0.2, 0.25) is 0 Å². The van der Waals surface area contributed by atoms with Gasteiger partial charge in [-0.05, 0) is 31.2 Å². The molecule has 0 aliphatic heterocycles. The molecule has 0 saturated carbocycles. The van der Waals surface area contributed by atoms with Gasteiger partial charge in [0.05, 0.1) is 33.2 Å². The van der Waals surface area contributed by atoms with E-state index in [-0.39, 0.29) is 6.04 Å². The zero-order valence-electron chi connectivity index (χ0n) is 12.9. The molecule has 0 N–H and O–H groups in total. The smallest absolute Gasteiger partial charge is 0.190 e. The molecule has 0 aliphatic carbocycles. The molecule has 0 fully saturated rings. The number of nitrogens with zero attached hydrogens (tertiary/aromatic N) is 2. The van der Waals surface area contributed by atoms with Crippen molar-refractivity contribution in [1.29, 1.82) is 0 Å². The van der Waals surface area contributed by atoms with Crippen molar-refractivity contribution in [3.8, 4) is 10.6 Å². The van der Waals surface area contributed by atoms with Gasteiger partial charge in [0, 0.05) is 12.5 Å². The number of para-hydroxylation sites is 1. The number of halogens is 1. The predicted molar refractivity (Wildman–Crippen MR) is 98.9 cm³/mol. The van der Waals surface area contributed by atoms with Gasteiger partial charge in [0.1, 0.15) is 0 Å². The van der Waals surface area contributed by atoms with Gasteiger partial charge in [0.25, 0.3) is 0 Å². The summed E-state index contributed by atoms with van der Waals surface area (Å²) >= 11 is 9.32. The summed E-state index contributed by atoms with van der Waals surface area (Å²) in [7, 11) is 1.72. The van der Waals surface area contributed by atoms with Gasteiger partial charge in [-0.2, -0.15) is 0 Å². The summed E-state index contributed by atoms with van der Waals surface area (Å²) in [5.41, 5.74) is 2.08. The minimum absolute atomic E-state index is 0.185. The third-order valence-corrected chi connectivity index (χ3v) is 5.49. The Morgan fingerprint density at radius 3 is 2.65 bits per heavy atom. The van der Waals surface area contributed by atoms with Crippen LogP contribution in [0, 0.1) is 0 Å². The van der Waals surface area contributed by atoms with E-state index in [2.05, 4.69) is 22.9 Å². The summed E-state index contributed by atoms with van der Waals surface area (Å²) < 4.78 is 8.36. The van der Waals surface area contributed by atoms with E-state index in [1.165, 1.54) is 0 Å².